The maximum Gasteiger partial charge on any atom is 0.190 e. The maximum atomic E-state index is 5.38. The molecule has 0 aliphatic carbocycles. The zero-order chi connectivity index (χ0) is 19.3. The number of halogens is 1. The van der Waals surface area contributed by atoms with Gasteiger partial charge in [0.25, 0.3) is 0 Å². The average molecular weight is 497 g/mol. The van der Waals surface area contributed by atoms with Gasteiger partial charge in [-0.2, -0.15) is 0 Å². The van der Waals surface area contributed by atoms with Crippen molar-refractivity contribution in [1.29, 1.82) is 0 Å². The molecule has 2 rings (SSSR count). The lowest BCUT2D eigenvalue weighted by Crippen LogP contribution is -2.38. The average Bonchev–Trinajstić information content (AvgIpc) is 2.71. The molecule has 0 fully saturated rings. The number of hydrogen-bond acceptors (Lipinski definition) is 4. The first-order valence-corrected chi connectivity index (χ1v) is 9.46. The van der Waals surface area contributed by atoms with E-state index in [1.54, 1.807) is 20.4 Å². The second-order valence-corrected chi connectivity index (χ2v) is 6.33. The maximum absolute atomic E-state index is 5.38. The van der Waals surface area contributed by atoms with Gasteiger partial charge in [-0.25, -0.2) is 4.98 Å². The van der Waals surface area contributed by atoms with Crippen LogP contribution in [0.2, 0.25) is 0 Å². The number of benzene rings is 1. The summed E-state index contributed by atoms with van der Waals surface area (Å²) >= 11 is 0. The lowest BCUT2D eigenvalue weighted by molar-refractivity contribution is 0.411. The number of aryl methyl sites for hydroxylation is 1. The highest BCUT2D eigenvalue weighted by Gasteiger charge is 2.02. The summed E-state index contributed by atoms with van der Waals surface area (Å²) in [6, 6.07) is 12.2. The van der Waals surface area contributed by atoms with Crippen LogP contribution in [-0.4, -0.2) is 44.7 Å². The molecule has 0 spiro atoms. The van der Waals surface area contributed by atoms with Crippen LogP contribution in [0, 0.1) is 6.92 Å². The van der Waals surface area contributed by atoms with Crippen LogP contribution in [0.3, 0.4) is 0 Å². The topological polar surface area (TPSA) is 70.6 Å². The number of aromatic nitrogens is 1. The highest BCUT2D eigenvalue weighted by molar-refractivity contribution is 14.0. The minimum absolute atomic E-state index is 0. The van der Waals surface area contributed by atoms with Crippen molar-refractivity contribution in [3.63, 3.8) is 0 Å². The number of methoxy groups -OCH3 is 1. The highest BCUT2D eigenvalue weighted by Crippen LogP contribution is 2.18. The number of nitrogens with one attached hydrogen (secondary N) is 3. The van der Waals surface area contributed by atoms with Gasteiger partial charge in [0.2, 0.25) is 0 Å². The lowest BCUT2D eigenvalue weighted by Gasteiger charge is -2.13. The molecule has 2 aromatic rings. The smallest absolute Gasteiger partial charge is 0.190 e. The van der Waals surface area contributed by atoms with Gasteiger partial charge in [-0.3, -0.25) is 4.99 Å². The number of guanidine groups is 1. The van der Waals surface area contributed by atoms with E-state index in [4.69, 9.17) is 4.74 Å². The third-order valence-corrected chi connectivity index (χ3v) is 4.27. The van der Waals surface area contributed by atoms with E-state index >= 15 is 0 Å². The molecule has 0 aliphatic heterocycles. The van der Waals surface area contributed by atoms with Gasteiger partial charge < -0.3 is 20.7 Å². The molecule has 1 aromatic carbocycles. The normalized spacial score (nSPS) is 10.8. The fourth-order valence-electron chi connectivity index (χ4n) is 2.71. The van der Waals surface area contributed by atoms with E-state index in [0.29, 0.717) is 0 Å². The predicted octanol–water partition coefficient (Wildman–Crippen LogP) is 3.62. The van der Waals surface area contributed by atoms with Crippen molar-refractivity contribution in [2.24, 2.45) is 4.99 Å². The minimum Gasteiger partial charge on any atom is -0.496 e. The van der Waals surface area contributed by atoms with Crippen LogP contribution in [0.4, 0.5) is 5.82 Å². The molecule has 0 amide bonds. The van der Waals surface area contributed by atoms with E-state index in [9.17, 15) is 0 Å². The second kappa shape index (κ2) is 14.0. The minimum atomic E-state index is 0. The van der Waals surface area contributed by atoms with Gasteiger partial charge in [-0.1, -0.05) is 18.2 Å². The predicted molar refractivity (Wildman–Crippen MR) is 128 cm³/mol. The van der Waals surface area contributed by atoms with E-state index in [1.165, 1.54) is 5.56 Å². The van der Waals surface area contributed by atoms with Crippen LogP contribution in [-0.2, 0) is 6.42 Å². The Bertz CT molecular complexity index is 709. The second-order valence-electron chi connectivity index (χ2n) is 6.33. The molecule has 1 aromatic heterocycles. The number of aliphatic imine (C=N–C) groups is 1. The zero-order valence-corrected chi connectivity index (χ0v) is 19.3. The van der Waals surface area contributed by atoms with Gasteiger partial charge in [-0.05, 0) is 55.5 Å². The largest absolute Gasteiger partial charge is 0.496 e. The van der Waals surface area contributed by atoms with Crippen molar-refractivity contribution in [1.82, 2.24) is 15.6 Å². The van der Waals surface area contributed by atoms with Crippen LogP contribution in [0.5, 0.6) is 5.75 Å². The van der Waals surface area contributed by atoms with Gasteiger partial charge in [0.1, 0.15) is 11.6 Å². The van der Waals surface area contributed by atoms with Crippen molar-refractivity contribution in [2.45, 2.75) is 26.2 Å². The summed E-state index contributed by atoms with van der Waals surface area (Å²) < 4.78 is 5.38. The Labute approximate surface area is 185 Å². The van der Waals surface area contributed by atoms with Crippen LogP contribution in [0.1, 0.15) is 24.0 Å². The first-order valence-electron chi connectivity index (χ1n) is 9.46. The SMILES string of the molecule is CN=C(NCCCCNc1ccccn1)NCCc1ccc(C)c(OC)c1.I. The van der Waals surface area contributed by atoms with E-state index in [-0.39, 0.29) is 24.0 Å². The van der Waals surface area contributed by atoms with Crippen LogP contribution >= 0.6 is 24.0 Å². The highest BCUT2D eigenvalue weighted by atomic mass is 127. The molecule has 0 bridgehead atoms. The summed E-state index contributed by atoms with van der Waals surface area (Å²) in [5.74, 6) is 2.71. The number of ether oxygens (including phenoxy) is 1. The van der Waals surface area contributed by atoms with Crippen LogP contribution in [0.25, 0.3) is 0 Å². The van der Waals surface area contributed by atoms with Crippen LogP contribution in [0.15, 0.2) is 47.6 Å². The molecule has 1 heterocycles. The van der Waals surface area contributed by atoms with Crippen molar-refractivity contribution in [3.05, 3.63) is 53.7 Å². The van der Waals surface area contributed by atoms with E-state index < -0.39 is 0 Å². The number of rotatable bonds is 10. The molecule has 28 heavy (non-hydrogen) atoms. The van der Waals surface area contributed by atoms with Crippen molar-refractivity contribution in [3.8, 4) is 5.75 Å². The Kier molecular flexibility index (Phi) is 12.0. The molecule has 0 radical (unpaired) electrons. The first kappa shape index (κ1) is 24.0. The first-order chi connectivity index (χ1) is 13.2. The Morgan fingerprint density at radius 3 is 2.57 bits per heavy atom. The molecular weight excluding hydrogens is 465 g/mol. The summed E-state index contributed by atoms with van der Waals surface area (Å²) in [6.45, 7) is 4.69. The molecule has 0 atom stereocenters. The number of unbranched alkanes of at least 4 members (excludes halogenated alkanes) is 1. The van der Waals surface area contributed by atoms with E-state index in [0.717, 1.165) is 62.0 Å². The van der Waals surface area contributed by atoms with Crippen molar-refractivity contribution < 1.29 is 4.74 Å². The summed E-state index contributed by atoms with van der Waals surface area (Å²) in [7, 11) is 3.51. The Morgan fingerprint density at radius 2 is 1.86 bits per heavy atom. The molecular formula is C21H32IN5O. The van der Waals surface area contributed by atoms with E-state index in [2.05, 4.69) is 51.0 Å². The van der Waals surface area contributed by atoms with E-state index in [1.807, 2.05) is 18.2 Å². The molecule has 3 N–H and O–H groups in total. The number of pyridine rings is 1. The van der Waals surface area contributed by atoms with Gasteiger partial charge in [0.15, 0.2) is 5.96 Å². The van der Waals surface area contributed by atoms with Crippen LogP contribution < -0.4 is 20.7 Å². The van der Waals surface area contributed by atoms with Gasteiger partial charge in [0.05, 0.1) is 7.11 Å². The Hall–Kier alpha value is -2.03. The van der Waals surface area contributed by atoms with Gasteiger partial charge in [-0.15, -0.1) is 24.0 Å². The number of hydrogen-bond donors (Lipinski definition) is 3. The van der Waals surface area contributed by atoms with Crippen molar-refractivity contribution >= 4 is 35.8 Å². The fourth-order valence-corrected chi connectivity index (χ4v) is 2.71. The monoisotopic (exact) mass is 497 g/mol. The summed E-state index contributed by atoms with van der Waals surface area (Å²) in [6.07, 6.45) is 4.86. The number of anilines is 1. The third kappa shape index (κ3) is 8.77. The van der Waals surface area contributed by atoms with Gasteiger partial charge >= 0.3 is 0 Å². The molecule has 6 nitrogen and oxygen atoms in total. The molecule has 0 unspecified atom stereocenters. The molecule has 154 valence electrons. The molecule has 0 aliphatic rings. The molecule has 0 saturated carbocycles. The molecule has 7 heteroatoms. The summed E-state index contributed by atoms with van der Waals surface area (Å²) in [5, 5.41) is 10.0. The zero-order valence-electron chi connectivity index (χ0n) is 17.0. The third-order valence-electron chi connectivity index (χ3n) is 4.27. The number of nitrogens with zero attached hydrogens (tertiary/aromatic N) is 2. The fraction of sp³-hybridized carbons (Fsp3) is 0.429. The quantitative estimate of drug-likeness (QED) is 0.203. The lowest BCUT2D eigenvalue weighted by atomic mass is 10.1. The Morgan fingerprint density at radius 1 is 1.07 bits per heavy atom. The standard InChI is InChI=1S/C21H31N5O.HI/c1-17-9-10-18(16-19(17)27-3)11-15-26-21(22-2)25-14-7-6-13-24-20-8-4-5-12-23-20;/h4-5,8-10,12,16H,6-7,11,13-15H2,1-3H3,(H,23,24)(H2,22,25,26);1H. The Balaban J connectivity index is 0.00000392. The van der Waals surface area contributed by atoms with Gasteiger partial charge in [0, 0.05) is 32.9 Å². The summed E-state index contributed by atoms with van der Waals surface area (Å²) in [5.41, 5.74) is 2.41. The molecule has 0 saturated heterocycles. The van der Waals surface area contributed by atoms with Crippen molar-refractivity contribution in [2.75, 3.05) is 39.1 Å². The summed E-state index contributed by atoms with van der Waals surface area (Å²) in [4.78, 5) is 8.53.